The van der Waals surface area contributed by atoms with E-state index in [-0.39, 0.29) is 30.2 Å². The SMILES string of the molecule is CC(=O)N1CCC(c2nnc3n2CCN(C(=O)COc2ccc(F)cc2)C3)CC1. The molecule has 1 fully saturated rings. The van der Waals surface area contributed by atoms with Gasteiger partial charge in [-0.1, -0.05) is 0 Å². The van der Waals surface area contributed by atoms with Crippen molar-refractivity contribution in [3.8, 4) is 5.75 Å². The lowest BCUT2D eigenvalue weighted by atomic mass is 9.95. The summed E-state index contributed by atoms with van der Waals surface area (Å²) in [6, 6.07) is 5.59. The zero-order valence-electron chi connectivity index (χ0n) is 16.4. The minimum absolute atomic E-state index is 0.101. The first kappa shape index (κ1) is 19.4. The van der Waals surface area contributed by atoms with Crippen LogP contribution >= 0.6 is 0 Å². The van der Waals surface area contributed by atoms with Crippen LogP contribution in [0.25, 0.3) is 0 Å². The van der Waals surface area contributed by atoms with E-state index in [9.17, 15) is 14.0 Å². The van der Waals surface area contributed by atoms with E-state index < -0.39 is 0 Å². The van der Waals surface area contributed by atoms with Crippen LogP contribution in [0.2, 0.25) is 0 Å². The van der Waals surface area contributed by atoms with Gasteiger partial charge in [0.2, 0.25) is 5.91 Å². The quantitative estimate of drug-likeness (QED) is 0.777. The molecule has 2 aliphatic heterocycles. The number of carbonyl (C=O) groups excluding carboxylic acids is 2. The highest BCUT2D eigenvalue weighted by Gasteiger charge is 2.30. The average Bonchev–Trinajstić information content (AvgIpc) is 3.16. The maximum absolute atomic E-state index is 12.9. The van der Waals surface area contributed by atoms with Crippen LogP contribution in [0.1, 0.15) is 37.3 Å². The molecule has 0 unspecified atom stereocenters. The van der Waals surface area contributed by atoms with E-state index in [1.165, 1.54) is 24.3 Å². The number of likely N-dealkylation sites (tertiary alicyclic amines) is 1. The lowest BCUT2D eigenvalue weighted by molar-refractivity contribution is -0.135. The predicted molar refractivity (Wildman–Crippen MR) is 102 cm³/mol. The van der Waals surface area contributed by atoms with E-state index in [0.717, 1.165) is 37.6 Å². The zero-order valence-corrected chi connectivity index (χ0v) is 16.4. The summed E-state index contributed by atoms with van der Waals surface area (Å²) in [7, 11) is 0. The van der Waals surface area contributed by atoms with Crippen molar-refractivity contribution in [2.75, 3.05) is 26.2 Å². The second kappa shape index (κ2) is 8.18. The Bertz CT molecular complexity index is 890. The monoisotopic (exact) mass is 401 g/mol. The third-order valence-corrected chi connectivity index (χ3v) is 5.62. The minimum Gasteiger partial charge on any atom is -0.484 e. The number of fused-ring (bicyclic) bond motifs is 1. The molecule has 0 bridgehead atoms. The van der Waals surface area contributed by atoms with Crippen LogP contribution in [-0.2, 0) is 22.7 Å². The number of ether oxygens (including phenoxy) is 1. The van der Waals surface area contributed by atoms with Crippen LogP contribution in [0.15, 0.2) is 24.3 Å². The molecule has 1 aromatic carbocycles. The molecule has 0 radical (unpaired) electrons. The molecule has 2 amide bonds. The summed E-state index contributed by atoms with van der Waals surface area (Å²) < 4.78 is 20.5. The predicted octanol–water partition coefficient (Wildman–Crippen LogP) is 1.56. The van der Waals surface area contributed by atoms with E-state index in [1.54, 1.807) is 11.8 Å². The lowest BCUT2D eigenvalue weighted by Crippen LogP contribution is -2.41. The number of halogens is 1. The van der Waals surface area contributed by atoms with Crippen molar-refractivity contribution in [2.24, 2.45) is 0 Å². The number of rotatable bonds is 4. The number of carbonyl (C=O) groups is 2. The molecule has 2 aliphatic rings. The molecular formula is C20H24FN5O3. The number of hydrogen-bond acceptors (Lipinski definition) is 5. The Hall–Kier alpha value is -2.97. The van der Waals surface area contributed by atoms with Gasteiger partial charge < -0.3 is 19.1 Å². The van der Waals surface area contributed by atoms with Crippen molar-refractivity contribution in [3.63, 3.8) is 0 Å². The number of nitrogens with zero attached hydrogens (tertiary/aromatic N) is 5. The van der Waals surface area contributed by atoms with E-state index in [1.807, 2.05) is 4.90 Å². The standard InChI is InChI=1S/C20H24FN5O3/c1-14(27)24-8-6-15(7-9-24)20-23-22-18-12-25(10-11-26(18)20)19(28)13-29-17-4-2-16(21)3-5-17/h2-5,15H,6-13H2,1H3. The van der Waals surface area contributed by atoms with Crippen LogP contribution < -0.4 is 4.74 Å². The third kappa shape index (κ3) is 4.23. The van der Waals surface area contributed by atoms with Gasteiger partial charge in [-0.3, -0.25) is 9.59 Å². The summed E-state index contributed by atoms with van der Waals surface area (Å²) in [5, 5.41) is 8.69. The summed E-state index contributed by atoms with van der Waals surface area (Å²) in [6.07, 6.45) is 1.76. The van der Waals surface area contributed by atoms with Gasteiger partial charge in [-0.2, -0.15) is 0 Å². The van der Waals surface area contributed by atoms with Gasteiger partial charge >= 0.3 is 0 Å². The number of amides is 2. The smallest absolute Gasteiger partial charge is 0.260 e. The van der Waals surface area contributed by atoms with Crippen molar-refractivity contribution in [2.45, 2.75) is 38.8 Å². The molecule has 0 N–H and O–H groups in total. The van der Waals surface area contributed by atoms with Gasteiger partial charge in [-0.25, -0.2) is 4.39 Å². The van der Waals surface area contributed by atoms with E-state index in [2.05, 4.69) is 14.8 Å². The fourth-order valence-electron chi connectivity index (χ4n) is 3.91. The van der Waals surface area contributed by atoms with Crippen molar-refractivity contribution in [1.82, 2.24) is 24.6 Å². The molecule has 0 atom stereocenters. The molecule has 0 saturated carbocycles. The van der Waals surface area contributed by atoms with Gasteiger partial charge in [-0.15, -0.1) is 10.2 Å². The Labute approximate surface area is 168 Å². The first-order valence-electron chi connectivity index (χ1n) is 9.85. The van der Waals surface area contributed by atoms with Gasteiger partial charge in [0.25, 0.3) is 5.91 Å². The van der Waals surface area contributed by atoms with E-state index in [0.29, 0.717) is 25.4 Å². The molecule has 8 nitrogen and oxygen atoms in total. The minimum atomic E-state index is -0.346. The Kier molecular flexibility index (Phi) is 5.46. The summed E-state index contributed by atoms with van der Waals surface area (Å²) >= 11 is 0. The molecule has 2 aromatic rings. The van der Waals surface area contributed by atoms with Gasteiger partial charge in [-0.05, 0) is 37.1 Å². The van der Waals surface area contributed by atoms with E-state index in [4.69, 9.17) is 4.74 Å². The second-order valence-electron chi connectivity index (χ2n) is 7.46. The zero-order chi connectivity index (χ0) is 20.4. The number of aromatic nitrogens is 3. The number of piperidine rings is 1. The molecule has 4 rings (SSSR count). The van der Waals surface area contributed by atoms with Crippen LogP contribution in [0.5, 0.6) is 5.75 Å². The number of benzene rings is 1. The van der Waals surface area contributed by atoms with Gasteiger partial charge in [0, 0.05) is 39.0 Å². The summed E-state index contributed by atoms with van der Waals surface area (Å²) in [6.45, 7) is 4.59. The Balaban J connectivity index is 1.34. The Morgan fingerprint density at radius 2 is 1.79 bits per heavy atom. The summed E-state index contributed by atoms with van der Waals surface area (Å²) in [5.41, 5.74) is 0. The van der Waals surface area contributed by atoms with Crippen LogP contribution in [0.4, 0.5) is 4.39 Å². The molecule has 154 valence electrons. The molecule has 0 spiro atoms. The largest absolute Gasteiger partial charge is 0.484 e. The van der Waals surface area contributed by atoms with Gasteiger partial charge in [0.05, 0.1) is 6.54 Å². The number of hydrogen-bond donors (Lipinski definition) is 0. The highest BCUT2D eigenvalue weighted by molar-refractivity contribution is 5.77. The van der Waals surface area contributed by atoms with Crippen LogP contribution in [0, 0.1) is 5.82 Å². The molecule has 1 aromatic heterocycles. The molecule has 9 heteroatoms. The van der Waals surface area contributed by atoms with Gasteiger partial charge in [0.1, 0.15) is 17.4 Å². The molecule has 1 saturated heterocycles. The summed E-state index contributed by atoms with van der Waals surface area (Å²) in [5.74, 6) is 2.11. The molecular weight excluding hydrogens is 377 g/mol. The lowest BCUT2D eigenvalue weighted by Gasteiger charge is -2.32. The maximum atomic E-state index is 12.9. The topological polar surface area (TPSA) is 80.6 Å². The fraction of sp³-hybridized carbons (Fsp3) is 0.500. The van der Waals surface area contributed by atoms with Crippen molar-refractivity contribution in [3.05, 3.63) is 41.7 Å². The van der Waals surface area contributed by atoms with Crippen LogP contribution in [0.3, 0.4) is 0 Å². The van der Waals surface area contributed by atoms with Crippen LogP contribution in [-0.4, -0.2) is 62.6 Å². The molecule has 29 heavy (non-hydrogen) atoms. The van der Waals surface area contributed by atoms with E-state index >= 15 is 0 Å². The first-order chi connectivity index (χ1) is 14.0. The normalized spacial score (nSPS) is 17.2. The Morgan fingerprint density at radius 3 is 2.48 bits per heavy atom. The highest BCUT2D eigenvalue weighted by atomic mass is 19.1. The highest BCUT2D eigenvalue weighted by Crippen LogP contribution is 2.28. The molecule has 0 aliphatic carbocycles. The fourth-order valence-corrected chi connectivity index (χ4v) is 3.91. The summed E-state index contributed by atoms with van der Waals surface area (Å²) in [4.78, 5) is 27.6. The second-order valence-corrected chi connectivity index (χ2v) is 7.46. The molecule has 3 heterocycles. The maximum Gasteiger partial charge on any atom is 0.260 e. The third-order valence-electron chi connectivity index (χ3n) is 5.62. The van der Waals surface area contributed by atoms with Gasteiger partial charge in [0.15, 0.2) is 12.4 Å². The average molecular weight is 401 g/mol. The Morgan fingerprint density at radius 1 is 1.07 bits per heavy atom. The van der Waals surface area contributed by atoms with Crippen molar-refractivity contribution in [1.29, 1.82) is 0 Å². The first-order valence-corrected chi connectivity index (χ1v) is 9.85. The van der Waals surface area contributed by atoms with Crippen molar-refractivity contribution >= 4 is 11.8 Å². The van der Waals surface area contributed by atoms with Crippen molar-refractivity contribution < 1.29 is 18.7 Å².